The summed E-state index contributed by atoms with van der Waals surface area (Å²) in [5, 5.41) is 2.60. The average Bonchev–Trinajstić information content (AvgIpc) is 2.68. The van der Waals surface area contributed by atoms with E-state index in [9.17, 15) is 9.59 Å². The largest absolute Gasteiger partial charge is 0.497 e. The van der Waals surface area contributed by atoms with E-state index >= 15 is 0 Å². The molecule has 28 heavy (non-hydrogen) atoms. The predicted molar refractivity (Wildman–Crippen MR) is 108 cm³/mol. The van der Waals surface area contributed by atoms with Crippen LogP contribution in [0.5, 0.6) is 11.5 Å². The van der Waals surface area contributed by atoms with Crippen molar-refractivity contribution in [3.63, 3.8) is 0 Å². The maximum Gasteiger partial charge on any atom is 0.261 e. The smallest absolute Gasteiger partial charge is 0.261 e. The number of carbonyl (C=O) groups is 2. The van der Waals surface area contributed by atoms with Gasteiger partial charge >= 0.3 is 0 Å². The Morgan fingerprint density at radius 1 is 1.04 bits per heavy atom. The van der Waals surface area contributed by atoms with Gasteiger partial charge in [0, 0.05) is 13.6 Å². The predicted octanol–water partition coefficient (Wildman–Crippen LogP) is 2.85. The van der Waals surface area contributed by atoms with Crippen molar-refractivity contribution in [2.75, 3.05) is 20.8 Å². The second-order valence-corrected chi connectivity index (χ2v) is 6.77. The summed E-state index contributed by atoms with van der Waals surface area (Å²) in [7, 11) is 3.16. The van der Waals surface area contributed by atoms with Crippen molar-refractivity contribution in [1.82, 2.24) is 10.2 Å². The van der Waals surface area contributed by atoms with E-state index in [1.54, 1.807) is 21.1 Å². The van der Waals surface area contributed by atoms with Crippen LogP contribution >= 0.6 is 0 Å². The molecule has 1 atom stereocenters. The van der Waals surface area contributed by atoms with E-state index in [0.717, 1.165) is 22.4 Å². The molecule has 0 spiro atoms. The first-order chi connectivity index (χ1) is 13.3. The van der Waals surface area contributed by atoms with Gasteiger partial charge in [-0.1, -0.05) is 18.2 Å². The lowest BCUT2D eigenvalue weighted by atomic mass is 10.1. The Balaban J connectivity index is 2.14. The quantitative estimate of drug-likeness (QED) is 0.760. The first kappa shape index (κ1) is 21.3. The van der Waals surface area contributed by atoms with Crippen LogP contribution in [0.15, 0.2) is 42.5 Å². The molecule has 0 saturated heterocycles. The number of nitrogens with one attached hydrogen (secondary N) is 1. The third-order valence-electron chi connectivity index (χ3n) is 4.48. The van der Waals surface area contributed by atoms with E-state index < -0.39 is 6.04 Å². The molecule has 0 radical (unpaired) electrons. The zero-order chi connectivity index (χ0) is 20.7. The highest BCUT2D eigenvalue weighted by Gasteiger charge is 2.25. The van der Waals surface area contributed by atoms with Crippen molar-refractivity contribution in [2.45, 2.75) is 33.4 Å². The Labute approximate surface area is 166 Å². The van der Waals surface area contributed by atoms with Crippen molar-refractivity contribution in [1.29, 1.82) is 0 Å². The molecule has 1 unspecified atom stereocenters. The van der Waals surface area contributed by atoms with Crippen LogP contribution in [0.3, 0.4) is 0 Å². The van der Waals surface area contributed by atoms with Gasteiger partial charge in [-0.2, -0.15) is 0 Å². The fraction of sp³-hybridized carbons (Fsp3) is 0.364. The number of amides is 2. The van der Waals surface area contributed by atoms with Crippen molar-refractivity contribution in [3.05, 3.63) is 59.2 Å². The molecule has 0 aliphatic carbocycles. The van der Waals surface area contributed by atoms with Gasteiger partial charge in [0.15, 0.2) is 6.61 Å². The Hall–Kier alpha value is -3.02. The maximum atomic E-state index is 12.9. The fourth-order valence-electron chi connectivity index (χ4n) is 2.96. The van der Waals surface area contributed by atoms with E-state index in [-0.39, 0.29) is 18.4 Å². The van der Waals surface area contributed by atoms with Crippen LogP contribution in [0.1, 0.15) is 23.6 Å². The fourth-order valence-corrected chi connectivity index (χ4v) is 2.96. The minimum absolute atomic E-state index is 0.139. The van der Waals surface area contributed by atoms with E-state index in [0.29, 0.717) is 12.3 Å². The van der Waals surface area contributed by atoms with E-state index in [1.165, 1.54) is 4.90 Å². The van der Waals surface area contributed by atoms with E-state index in [1.807, 2.05) is 56.3 Å². The molecule has 0 heterocycles. The number of nitrogens with zero attached hydrogens (tertiary/aromatic N) is 1. The molecule has 1 N–H and O–H groups in total. The molecule has 0 saturated carbocycles. The number of ether oxygens (including phenoxy) is 2. The highest BCUT2D eigenvalue weighted by Crippen LogP contribution is 2.18. The van der Waals surface area contributed by atoms with Crippen LogP contribution in [-0.2, 0) is 16.1 Å². The highest BCUT2D eigenvalue weighted by molar-refractivity contribution is 5.87. The average molecular weight is 384 g/mol. The summed E-state index contributed by atoms with van der Waals surface area (Å²) in [5.41, 5.74) is 3.03. The van der Waals surface area contributed by atoms with Crippen molar-refractivity contribution < 1.29 is 19.1 Å². The monoisotopic (exact) mass is 384 g/mol. The van der Waals surface area contributed by atoms with Gasteiger partial charge in [-0.15, -0.1) is 0 Å². The van der Waals surface area contributed by atoms with Crippen LogP contribution in [0.2, 0.25) is 0 Å². The lowest BCUT2D eigenvalue weighted by Gasteiger charge is -2.28. The molecule has 150 valence electrons. The lowest BCUT2D eigenvalue weighted by Crippen LogP contribution is -2.48. The number of rotatable bonds is 8. The molecule has 2 rings (SSSR count). The van der Waals surface area contributed by atoms with Gasteiger partial charge in [0.05, 0.1) is 7.11 Å². The Morgan fingerprint density at radius 3 is 2.18 bits per heavy atom. The van der Waals surface area contributed by atoms with Crippen molar-refractivity contribution >= 4 is 11.8 Å². The molecule has 6 nitrogen and oxygen atoms in total. The Kier molecular flexibility index (Phi) is 7.44. The summed E-state index contributed by atoms with van der Waals surface area (Å²) in [6.07, 6.45) is 0. The van der Waals surface area contributed by atoms with E-state index in [4.69, 9.17) is 9.47 Å². The molecular formula is C22H28N2O4. The molecule has 0 fully saturated rings. The SMILES string of the molecule is CNC(=O)C(C)N(Cc1ccc(OC)cc1)C(=O)COc1cc(C)cc(C)c1. The standard InChI is InChI=1S/C22H28N2O4/c1-15-10-16(2)12-20(11-15)28-14-21(25)24(17(3)22(26)23-4)13-18-6-8-19(27-5)9-7-18/h6-12,17H,13-14H2,1-5H3,(H,23,26). The van der Waals surface area contributed by atoms with E-state index in [2.05, 4.69) is 5.32 Å². The van der Waals surface area contributed by atoms with Crippen LogP contribution in [0, 0.1) is 13.8 Å². The van der Waals surface area contributed by atoms with Crippen LogP contribution in [0.4, 0.5) is 0 Å². The summed E-state index contributed by atoms with van der Waals surface area (Å²) >= 11 is 0. The molecule has 0 aliphatic heterocycles. The number of carbonyl (C=O) groups excluding carboxylic acids is 2. The topological polar surface area (TPSA) is 67.9 Å². The third kappa shape index (κ3) is 5.74. The second kappa shape index (κ2) is 9.78. The molecule has 2 aromatic rings. The minimum Gasteiger partial charge on any atom is -0.497 e. The molecule has 0 aromatic heterocycles. The number of hydrogen-bond acceptors (Lipinski definition) is 4. The Bertz CT molecular complexity index is 798. The summed E-state index contributed by atoms with van der Waals surface area (Å²) in [4.78, 5) is 26.5. The summed E-state index contributed by atoms with van der Waals surface area (Å²) in [6.45, 7) is 5.82. The second-order valence-electron chi connectivity index (χ2n) is 6.77. The number of likely N-dealkylation sites (N-methyl/N-ethyl adjacent to an activating group) is 1. The summed E-state index contributed by atoms with van der Waals surface area (Å²) < 4.78 is 10.9. The van der Waals surface area contributed by atoms with Crippen molar-refractivity contribution in [2.24, 2.45) is 0 Å². The number of aryl methyl sites for hydroxylation is 2. The zero-order valence-electron chi connectivity index (χ0n) is 17.1. The first-order valence-electron chi connectivity index (χ1n) is 9.19. The van der Waals surface area contributed by atoms with Gasteiger partial charge in [0.2, 0.25) is 5.91 Å². The summed E-state index contributed by atoms with van der Waals surface area (Å²) in [6, 6.07) is 12.6. The first-order valence-corrected chi connectivity index (χ1v) is 9.19. The summed E-state index contributed by atoms with van der Waals surface area (Å²) in [5.74, 6) is 0.890. The number of benzene rings is 2. The molecule has 0 aliphatic rings. The highest BCUT2D eigenvalue weighted by atomic mass is 16.5. The minimum atomic E-state index is -0.623. The van der Waals surface area contributed by atoms with Crippen molar-refractivity contribution in [3.8, 4) is 11.5 Å². The molecule has 2 aromatic carbocycles. The third-order valence-corrected chi connectivity index (χ3v) is 4.48. The number of hydrogen-bond donors (Lipinski definition) is 1. The maximum absolute atomic E-state index is 12.9. The number of methoxy groups -OCH3 is 1. The molecular weight excluding hydrogens is 356 g/mol. The van der Waals surface area contributed by atoms with Gasteiger partial charge in [-0.3, -0.25) is 9.59 Å². The molecule has 0 bridgehead atoms. The van der Waals surface area contributed by atoms with Crippen LogP contribution in [0.25, 0.3) is 0 Å². The Morgan fingerprint density at radius 2 is 1.64 bits per heavy atom. The van der Waals surface area contributed by atoms with Crippen LogP contribution in [-0.4, -0.2) is 43.5 Å². The molecule has 6 heteroatoms. The zero-order valence-corrected chi connectivity index (χ0v) is 17.1. The lowest BCUT2D eigenvalue weighted by molar-refractivity contribution is -0.142. The van der Waals surface area contributed by atoms with Gasteiger partial charge in [-0.05, 0) is 61.7 Å². The van der Waals surface area contributed by atoms with Crippen LogP contribution < -0.4 is 14.8 Å². The molecule has 2 amide bonds. The normalized spacial score (nSPS) is 11.5. The van der Waals surface area contributed by atoms with Gasteiger partial charge in [0.1, 0.15) is 17.5 Å². The van der Waals surface area contributed by atoms with Gasteiger partial charge in [0.25, 0.3) is 5.91 Å². The van der Waals surface area contributed by atoms with Gasteiger partial charge < -0.3 is 19.7 Å². The van der Waals surface area contributed by atoms with Gasteiger partial charge in [-0.25, -0.2) is 0 Å².